The van der Waals surface area contributed by atoms with Gasteiger partial charge in [-0.15, -0.1) is 0 Å². The van der Waals surface area contributed by atoms with Gasteiger partial charge in [0.2, 0.25) is 0 Å². The monoisotopic (exact) mass is 419 g/mol. The Bertz CT molecular complexity index is 531. The van der Waals surface area contributed by atoms with Crippen molar-refractivity contribution < 1.29 is 10.2 Å². The summed E-state index contributed by atoms with van der Waals surface area (Å²) < 4.78 is 0. The largest absolute Gasteiger partial charge is 0.392 e. The van der Waals surface area contributed by atoms with Gasteiger partial charge in [-0.3, -0.25) is 4.90 Å². The highest BCUT2D eigenvalue weighted by atomic mass is 16.3. The van der Waals surface area contributed by atoms with Crippen molar-refractivity contribution in [2.24, 2.45) is 17.8 Å². The Hall–Kier alpha value is -0.640. The molecular weight excluding hydrogens is 370 g/mol. The van der Waals surface area contributed by atoms with Crippen molar-refractivity contribution in [3.05, 3.63) is 23.8 Å². The van der Waals surface area contributed by atoms with Crippen molar-refractivity contribution in [3.63, 3.8) is 0 Å². The van der Waals surface area contributed by atoms with Crippen molar-refractivity contribution in [1.82, 2.24) is 4.90 Å². The molecule has 2 N–H and O–H groups in total. The summed E-state index contributed by atoms with van der Waals surface area (Å²) in [6, 6.07) is 1.26. The molecule has 0 aliphatic heterocycles. The molecule has 3 nitrogen and oxygen atoms in total. The van der Waals surface area contributed by atoms with Crippen LogP contribution in [0.2, 0.25) is 0 Å². The van der Waals surface area contributed by atoms with Crippen LogP contribution in [0.15, 0.2) is 23.8 Å². The van der Waals surface area contributed by atoms with E-state index in [0.717, 1.165) is 25.7 Å². The molecule has 0 aromatic carbocycles. The lowest BCUT2D eigenvalue weighted by Crippen LogP contribution is -2.37. The minimum atomic E-state index is -0.354. The molecule has 1 fully saturated rings. The first-order chi connectivity index (χ1) is 14.3. The van der Waals surface area contributed by atoms with Gasteiger partial charge in [0.1, 0.15) is 0 Å². The first-order valence-electron chi connectivity index (χ1n) is 12.8. The second-order valence-corrected chi connectivity index (χ2v) is 10.4. The maximum Gasteiger partial charge on any atom is 0.0721 e. The maximum atomic E-state index is 10.5. The van der Waals surface area contributed by atoms with Crippen molar-refractivity contribution >= 4 is 0 Å². The van der Waals surface area contributed by atoms with Gasteiger partial charge in [0.25, 0.3) is 0 Å². The van der Waals surface area contributed by atoms with Crippen LogP contribution in [-0.2, 0) is 0 Å². The Balaban J connectivity index is 1.72. The van der Waals surface area contributed by atoms with Crippen LogP contribution in [0, 0.1) is 17.8 Å². The molecule has 0 radical (unpaired) electrons. The van der Waals surface area contributed by atoms with Crippen molar-refractivity contribution in [2.75, 3.05) is 6.54 Å². The SMILES string of the molecule is CCCCC[C@H](O)C=C[C@@H]1[C@H]2CC(CCCCCN(C(C)C)C(C)C)=C[C@H]2C[C@H]1O. The maximum absolute atomic E-state index is 10.5. The van der Waals surface area contributed by atoms with Crippen molar-refractivity contribution in [3.8, 4) is 0 Å². The fraction of sp³-hybridized carbons (Fsp3) is 0.852. The first-order valence-corrected chi connectivity index (χ1v) is 12.8. The van der Waals surface area contributed by atoms with Gasteiger partial charge in [-0.25, -0.2) is 0 Å². The summed E-state index contributed by atoms with van der Waals surface area (Å²) in [5.74, 6) is 1.31. The zero-order valence-corrected chi connectivity index (χ0v) is 20.4. The van der Waals surface area contributed by atoms with Gasteiger partial charge in [0.15, 0.2) is 0 Å². The fourth-order valence-electron chi connectivity index (χ4n) is 5.68. The van der Waals surface area contributed by atoms with E-state index in [1.54, 1.807) is 5.57 Å². The quantitative estimate of drug-likeness (QED) is 0.264. The van der Waals surface area contributed by atoms with Crippen molar-refractivity contribution in [1.29, 1.82) is 0 Å². The summed E-state index contributed by atoms with van der Waals surface area (Å²) in [6.07, 6.45) is 17.4. The third-order valence-corrected chi connectivity index (χ3v) is 7.35. The molecule has 0 bridgehead atoms. The normalized spacial score (nSPS) is 27.6. The number of hydrogen-bond acceptors (Lipinski definition) is 3. The fourth-order valence-corrected chi connectivity index (χ4v) is 5.68. The molecule has 3 heteroatoms. The average Bonchev–Trinajstić information content (AvgIpc) is 3.18. The molecule has 174 valence electrons. The van der Waals surface area contributed by atoms with E-state index < -0.39 is 0 Å². The summed E-state index contributed by atoms with van der Waals surface area (Å²) in [5, 5.41) is 20.7. The summed E-state index contributed by atoms with van der Waals surface area (Å²) in [5.41, 5.74) is 1.61. The van der Waals surface area contributed by atoms with Crippen LogP contribution in [-0.4, -0.2) is 45.9 Å². The van der Waals surface area contributed by atoms with Crippen LogP contribution in [0.5, 0.6) is 0 Å². The van der Waals surface area contributed by atoms with Gasteiger partial charge in [0, 0.05) is 18.0 Å². The second kappa shape index (κ2) is 13.0. The smallest absolute Gasteiger partial charge is 0.0721 e. The summed E-state index contributed by atoms with van der Waals surface area (Å²) in [7, 11) is 0. The van der Waals surface area contributed by atoms with E-state index in [4.69, 9.17) is 0 Å². The van der Waals surface area contributed by atoms with Gasteiger partial charge in [-0.2, -0.15) is 0 Å². The molecule has 0 unspecified atom stereocenters. The molecule has 0 aromatic heterocycles. The summed E-state index contributed by atoms with van der Waals surface area (Å²) in [6.45, 7) is 12.6. The molecule has 30 heavy (non-hydrogen) atoms. The van der Waals surface area contributed by atoms with Crippen LogP contribution in [0.3, 0.4) is 0 Å². The Morgan fingerprint density at radius 3 is 2.47 bits per heavy atom. The van der Waals surface area contributed by atoms with E-state index >= 15 is 0 Å². The molecule has 0 saturated heterocycles. The molecule has 2 rings (SSSR count). The highest BCUT2D eigenvalue weighted by Gasteiger charge is 2.43. The highest BCUT2D eigenvalue weighted by molar-refractivity contribution is 5.21. The molecule has 0 amide bonds. The van der Waals surface area contributed by atoms with Gasteiger partial charge >= 0.3 is 0 Å². The highest BCUT2D eigenvalue weighted by Crippen LogP contribution is 2.48. The number of fused-ring (bicyclic) bond motifs is 1. The Kier molecular flexibility index (Phi) is 11.1. The molecule has 0 spiro atoms. The molecule has 5 atom stereocenters. The van der Waals surface area contributed by atoms with Crippen LogP contribution >= 0.6 is 0 Å². The molecular formula is C27H49NO2. The molecule has 0 heterocycles. The molecule has 0 aromatic rings. The zero-order valence-electron chi connectivity index (χ0n) is 20.4. The minimum absolute atomic E-state index is 0.218. The van der Waals surface area contributed by atoms with Gasteiger partial charge in [0.05, 0.1) is 12.2 Å². The Labute approximate surface area is 186 Å². The van der Waals surface area contributed by atoms with Gasteiger partial charge < -0.3 is 10.2 Å². The minimum Gasteiger partial charge on any atom is -0.392 e. The average molecular weight is 420 g/mol. The standard InChI is InChI=1S/C27H49NO2/c1-6-7-9-13-24(29)14-15-25-26-18-22(17-23(26)19-27(25)30)12-10-8-11-16-28(20(2)3)21(4)5/h14-15,17,20-21,23-27,29-30H,6-13,16,18-19H2,1-5H3/t23-,24-,25+,26-,27+/m0/s1. The van der Waals surface area contributed by atoms with E-state index in [2.05, 4.69) is 51.7 Å². The lowest BCUT2D eigenvalue weighted by atomic mass is 9.88. The number of rotatable bonds is 14. The third kappa shape index (κ3) is 7.80. The number of unbranched alkanes of at least 4 members (excludes halogenated alkanes) is 4. The van der Waals surface area contributed by atoms with E-state index in [9.17, 15) is 10.2 Å². The van der Waals surface area contributed by atoms with Crippen LogP contribution < -0.4 is 0 Å². The Morgan fingerprint density at radius 1 is 1.07 bits per heavy atom. The third-order valence-electron chi connectivity index (χ3n) is 7.35. The van der Waals surface area contributed by atoms with E-state index in [0.29, 0.717) is 23.9 Å². The van der Waals surface area contributed by atoms with Crippen LogP contribution in [0.25, 0.3) is 0 Å². The van der Waals surface area contributed by atoms with Gasteiger partial charge in [-0.05, 0) is 84.6 Å². The van der Waals surface area contributed by atoms with E-state index in [-0.39, 0.29) is 18.1 Å². The lowest BCUT2D eigenvalue weighted by molar-refractivity contribution is 0.139. The Morgan fingerprint density at radius 2 is 1.80 bits per heavy atom. The predicted octanol–water partition coefficient (Wildman–Crippen LogP) is 6.11. The number of aliphatic hydroxyl groups excluding tert-OH is 2. The predicted molar refractivity (Wildman–Crippen MR) is 129 cm³/mol. The second-order valence-electron chi connectivity index (χ2n) is 10.4. The van der Waals surface area contributed by atoms with Crippen molar-refractivity contribution in [2.45, 2.75) is 123 Å². The molecule has 1 saturated carbocycles. The molecule has 2 aliphatic rings. The summed E-state index contributed by atoms with van der Waals surface area (Å²) >= 11 is 0. The lowest BCUT2D eigenvalue weighted by Gasteiger charge is -2.30. The zero-order chi connectivity index (χ0) is 22.1. The number of nitrogens with zero attached hydrogens (tertiary/aromatic N) is 1. The van der Waals surface area contributed by atoms with Crippen LogP contribution in [0.4, 0.5) is 0 Å². The van der Waals surface area contributed by atoms with Crippen LogP contribution in [0.1, 0.15) is 98.8 Å². The molecule has 2 aliphatic carbocycles. The number of hydrogen-bond donors (Lipinski definition) is 2. The van der Waals surface area contributed by atoms with E-state index in [1.807, 2.05) is 6.08 Å². The van der Waals surface area contributed by atoms with E-state index in [1.165, 1.54) is 45.1 Å². The topological polar surface area (TPSA) is 43.7 Å². The number of aliphatic hydroxyl groups is 2. The number of allylic oxidation sites excluding steroid dienone is 2. The summed E-state index contributed by atoms with van der Waals surface area (Å²) in [4.78, 5) is 2.59. The first kappa shape index (κ1) is 25.6. The van der Waals surface area contributed by atoms with Gasteiger partial charge in [-0.1, -0.05) is 56.4 Å².